The molecule has 2 aromatic rings. The van der Waals surface area contributed by atoms with Crippen molar-refractivity contribution in [3.63, 3.8) is 0 Å². The highest BCUT2D eigenvalue weighted by Crippen LogP contribution is 2.31. The van der Waals surface area contributed by atoms with Gasteiger partial charge in [-0.25, -0.2) is 9.48 Å². The van der Waals surface area contributed by atoms with Crippen LogP contribution < -0.4 is 0 Å². The van der Waals surface area contributed by atoms with Gasteiger partial charge in [0.1, 0.15) is 0 Å². The summed E-state index contributed by atoms with van der Waals surface area (Å²) in [6, 6.07) is 2.10. The minimum Gasteiger partial charge on any atom is -0.478 e. The zero-order valence-corrected chi connectivity index (χ0v) is 12.3. The van der Waals surface area contributed by atoms with Gasteiger partial charge in [-0.15, -0.1) is 0 Å². The molecule has 0 saturated carbocycles. The molecule has 1 heterocycles. The number of nitro groups is 1. The van der Waals surface area contributed by atoms with Crippen molar-refractivity contribution in [2.24, 2.45) is 0 Å². The van der Waals surface area contributed by atoms with Crippen LogP contribution in [0, 0.1) is 30.9 Å². The first-order chi connectivity index (χ1) is 9.73. The summed E-state index contributed by atoms with van der Waals surface area (Å²) in [6.45, 7) is 5.42. The molecule has 0 aliphatic rings. The monoisotopic (exact) mass is 309 g/mol. The number of benzene rings is 1. The maximum Gasteiger partial charge on any atom is 0.338 e. The molecule has 0 unspecified atom stereocenters. The Labute approximate surface area is 124 Å². The lowest BCUT2D eigenvalue weighted by atomic mass is 10.1. The second-order valence-electron chi connectivity index (χ2n) is 4.59. The van der Waals surface area contributed by atoms with Gasteiger partial charge in [0, 0.05) is 17.8 Å². The van der Waals surface area contributed by atoms with Crippen molar-refractivity contribution in [3.8, 4) is 5.69 Å². The number of halogens is 1. The van der Waals surface area contributed by atoms with Crippen molar-refractivity contribution in [1.29, 1.82) is 0 Å². The molecule has 2 rings (SSSR count). The summed E-state index contributed by atoms with van der Waals surface area (Å²) < 4.78 is 1.40. The van der Waals surface area contributed by atoms with E-state index in [0.29, 0.717) is 0 Å². The van der Waals surface area contributed by atoms with Gasteiger partial charge in [-0.2, -0.15) is 5.10 Å². The number of rotatable bonds is 3. The lowest BCUT2D eigenvalue weighted by Gasteiger charge is -2.10. The van der Waals surface area contributed by atoms with Crippen molar-refractivity contribution in [3.05, 3.63) is 49.8 Å². The third-order valence-electron chi connectivity index (χ3n) is 3.35. The standard InChI is InChI=1S/C13H12ClN3O4/c1-6-7(2)15-16(8(6)3)12-10(13(18)19)4-9(17(20)21)5-11(12)14/h4-5H,1-3H3,(H,18,19). The Morgan fingerprint density at radius 3 is 2.43 bits per heavy atom. The van der Waals surface area contributed by atoms with E-state index in [9.17, 15) is 20.0 Å². The number of carboxylic acid groups (broad SMARTS) is 1. The molecule has 1 aromatic heterocycles. The maximum atomic E-state index is 11.4. The number of hydrogen-bond donors (Lipinski definition) is 1. The second kappa shape index (κ2) is 5.17. The van der Waals surface area contributed by atoms with Gasteiger partial charge in [0.15, 0.2) is 0 Å². The third-order valence-corrected chi connectivity index (χ3v) is 3.64. The molecule has 8 heteroatoms. The number of nitro benzene ring substituents is 1. The van der Waals surface area contributed by atoms with E-state index in [2.05, 4.69) is 5.10 Å². The Hall–Kier alpha value is -2.41. The van der Waals surface area contributed by atoms with Crippen LogP contribution in [0.2, 0.25) is 5.02 Å². The number of aromatic carboxylic acids is 1. The molecule has 0 saturated heterocycles. The van der Waals surface area contributed by atoms with E-state index in [4.69, 9.17) is 11.6 Å². The summed E-state index contributed by atoms with van der Waals surface area (Å²) in [5, 5.41) is 24.4. The van der Waals surface area contributed by atoms with Crippen molar-refractivity contribution in [2.75, 3.05) is 0 Å². The Kier molecular flexibility index (Phi) is 3.69. The molecule has 0 fully saturated rings. The van der Waals surface area contributed by atoms with Crippen LogP contribution in [0.5, 0.6) is 0 Å². The first-order valence-electron chi connectivity index (χ1n) is 5.98. The van der Waals surface area contributed by atoms with Gasteiger partial charge in [-0.3, -0.25) is 10.1 Å². The molecule has 0 radical (unpaired) electrons. The molecule has 1 aromatic carbocycles. The average molecular weight is 310 g/mol. The van der Waals surface area contributed by atoms with E-state index in [1.54, 1.807) is 13.8 Å². The fourth-order valence-electron chi connectivity index (χ4n) is 2.01. The fourth-order valence-corrected chi connectivity index (χ4v) is 2.30. The molecule has 1 N–H and O–H groups in total. The van der Waals surface area contributed by atoms with Crippen LogP contribution in [0.25, 0.3) is 5.69 Å². The predicted molar refractivity (Wildman–Crippen MR) is 76.4 cm³/mol. The SMILES string of the molecule is Cc1nn(-c2c(Cl)cc([N+](=O)[O-])cc2C(=O)O)c(C)c1C. The van der Waals surface area contributed by atoms with E-state index in [1.165, 1.54) is 4.68 Å². The van der Waals surface area contributed by atoms with Crippen LogP contribution in [-0.2, 0) is 0 Å². The third kappa shape index (κ3) is 2.47. The maximum absolute atomic E-state index is 11.4. The predicted octanol–water partition coefficient (Wildman–Crippen LogP) is 3.06. The van der Waals surface area contributed by atoms with E-state index < -0.39 is 10.9 Å². The van der Waals surface area contributed by atoms with Crippen LogP contribution in [0.3, 0.4) is 0 Å². The summed E-state index contributed by atoms with van der Waals surface area (Å²) in [5.74, 6) is -1.30. The lowest BCUT2D eigenvalue weighted by molar-refractivity contribution is -0.384. The fraction of sp³-hybridized carbons (Fsp3) is 0.231. The van der Waals surface area contributed by atoms with Crippen molar-refractivity contribution >= 4 is 23.3 Å². The van der Waals surface area contributed by atoms with Gasteiger partial charge in [0.2, 0.25) is 0 Å². The second-order valence-corrected chi connectivity index (χ2v) is 5.00. The highest BCUT2D eigenvalue weighted by molar-refractivity contribution is 6.33. The zero-order chi connectivity index (χ0) is 15.9. The Bertz CT molecular complexity index is 767. The average Bonchev–Trinajstić information content (AvgIpc) is 2.65. The smallest absolute Gasteiger partial charge is 0.338 e. The van der Waals surface area contributed by atoms with Gasteiger partial charge >= 0.3 is 5.97 Å². The van der Waals surface area contributed by atoms with Gasteiger partial charge in [-0.1, -0.05) is 11.6 Å². The summed E-state index contributed by atoms with van der Waals surface area (Å²) in [6.07, 6.45) is 0. The minimum atomic E-state index is -1.30. The minimum absolute atomic E-state index is 0.0350. The molecule has 21 heavy (non-hydrogen) atoms. The number of non-ortho nitro benzene ring substituents is 1. The highest BCUT2D eigenvalue weighted by Gasteiger charge is 2.23. The quantitative estimate of drug-likeness (QED) is 0.694. The Morgan fingerprint density at radius 1 is 1.38 bits per heavy atom. The molecule has 0 amide bonds. The van der Waals surface area contributed by atoms with Crippen LogP contribution in [0.1, 0.15) is 27.3 Å². The number of carbonyl (C=O) groups is 1. The number of nitrogens with zero attached hydrogens (tertiary/aromatic N) is 3. The van der Waals surface area contributed by atoms with Crippen LogP contribution >= 0.6 is 11.6 Å². The molecule has 0 aliphatic heterocycles. The van der Waals surface area contributed by atoms with Crippen LogP contribution in [-0.4, -0.2) is 25.8 Å². The highest BCUT2D eigenvalue weighted by atomic mass is 35.5. The van der Waals surface area contributed by atoms with Crippen molar-refractivity contribution in [1.82, 2.24) is 9.78 Å². The summed E-state index contributed by atoms with van der Waals surface area (Å²) in [4.78, 5) is 21.5. The molecule has 0 bridgehead atoms. The molecule has 0 atom stereocenters. The van der Waals surface area contributed by atoms with Crippen LogP contribution in [0.15, 0.2) is 12.1 Å². The number of aryl methyl sites for hydroxylation is 1. The van der Waals surface area contributed by atoms with Crippen molar-refractivity contribution in [2.45, 2.75) is 20.8 Å². The normalized spacial score (nSPS) is 10.7. The van der Waals surface area contributed by atoms with Gasteiger partial charge in [0.05, 0.1) is 26.9 Å². The van der Waals surface area contributed by atoms with E-state index >= 15 is 0 Å². The summed E-state index contributed by atoms with van der Waals surface area (Å²) in [7, 11) is 0. The molecule has 7 nitrogen and oxygen atoms in total. The summed E-state index contributed by atoms with van der Waals surface area (Å²) in [5.41, 5.74) is 1.85. The Balaban J connectivity index is 2.82. The Morgan fingerprint density at radius 2 is 2.00 bits per heavy atom. The largest absolute Gasteiger partial charge is 0.478 e. The lowest BCUT2D eigenvalue weighted by Crippen LogP contribution is -2.10. The molecule has 0 aliphatic carbocycles. The summed E-state index contributed by atoms with van der Waals surface area (Å²) >= 11 is 6.06. The molecule has 110 valence electrons. The van der Waals surface area contributed by atoms with Crippen molar-refractivity contribution < 1.29 is 14.8 Å². The van der Waals surface area contributed by atoms with E-state index in [-0.39, 0.29) is 22.0 Å². The number of carboxylic acids is 1. The van der Waals surface area contributed by atoms with E-state index in [0.717, 1.165) is 29.1 Å². The number of aromatic nitrogens is 2. The van der Waals surface area contributed by atoms with E-state index in [1.807, 2.05) is 6.92 Å². The topological polar surface area (TPSA) is 98.3 Å². The first-order valence-corrected chi connectivity index (χ1v) is 6.36. The molecular weight excluding hydrogens is 298 g/mol. The molecule has 0 spiro atoms. The van der Waals surface area contributed by atoms with Gasteiger partial charge in [-0.05, 0) is 26.3 Å². The number of hydrogen-bond acceptors (Lipinski definition) is 4. The molecular formula is C13H12ClN3O4. The first kappa shape index (κ1) is 15.0. The van der Waals surface area contributed by atoms with Crippen LogP contribution in [0.4, 0.5) is 5.69 Å². The zero-order valence-electron chi connectivity index (χ0n) is 11.5. The van der Waals surface area contributed by atoms with Gasteiger partial charge < -0.3 is 5.11 Å². The van der Waals surface area contributed by atoms with Gasteiger partial charge in [0.25, 0.3) is 5.69 Å².